The Morgan fingerprint density at radius 2 is 1.88 bits per heavy atom. The summed E-state index contributed by atoms with van der Waals surface area (Å²) in [6.45, 7) is 3.99. The Balaban J connectivity index is 2.17. The molecule has 0 amide bonds. The first-order valence-corrected chi connectivity index (χ1v) is 10.1. The third-order valence-electron chi connectivity index (χ3n) is 5.28. The Bertz CT molecular complexity index is 1380. The van der Waals surface area contributed by atoms with Crippen molar-refractivity contribution in [3.8, 4) is 17.6 Å². The average Bonchev–Trinajstić information content (AvgIpc) is 2.78. The highest BCUT2D eigenvalue weighted by Crippen LogP contribution is 2.34. The zero-order valence-corrected chi connectivity index (χ0v) is 18.4. The summed E-state index contributed by atoms with van der Waals surface area (Å²) in [5.41, 5.74) is -1.41. The number of rotatable bonds is 7. The number of benzene rings is 1. The van der Waals surface area contributed by atoms with Crippen LogP contribution in [0.1, 0.15) is 52.9 Å². The van der Waals surface area contributed by atoms with Crippen LogP contribution in [0.15, 0.2) is 40.2 Å². The lowest BCUT2D eigenvalue weighted by atomic mass is 10.0. The van der Waals surface area contributed by atoms with E-state index in [2.05, 4.69) is 9.97 Å². The molecule has 1 atom stereocenters. The molecular weight excluding hydrogens is 456 g/mol. The molecule has 3 aromatic rings. The molecule has 1 unspecified atom stereocenters. The van der Waals surface area contributed by atoms with E-state index in [4.69, 9.17) is 4.74 Å². The monoisotopic (exact) mass is 476 g/mol. The van der Waals surface area contributed by atoms with Crippen LogP contribution in [-0.4, -0.2) is 21.0 Å². The van der Waals surface area contributed by atoms with Crippen LogP contribution >= 0.6 is 0 Å². The van der Waals surface area contributed by atoms with Gasteiger partial charge in [0.15, 0.2) is 0 Å². The molecular formula is C23H20F4N4O3. The van der Waals surface area contributed by atoms with Gasteiger partial charge in [-0.2, -0.15) is 5.26 Å². The number of aromatic nitrogens is 3. The summed E-state index contributed by atoms with van der Waals surface area (Å²) in [4.78, 5) is 32.0. The first kappa shape index (κ1) is 24.7. The number of hydrogen-bond donors (Lipinski definition) is 1. The molecule has 7 nitrogen and oxygen atoms in total. The quantitative estimate of drug-likeness (QED) is 0.504. The Labute approximate surface area is 191 Å². The number of ether oxygens (including phenoxy) is 1. The van der Waals surface area contributed by atoms with Crippen molar-refractivity contribution in [3.63, 3.8) is 0 Å². The van der Waals surface area contributed by atoms with Crippen LogP contribution in [0.4, 0.5) is 17.6 Å². The third kappa shape index (κ3) is 5.01. The molecule has 0 saturated carbocycles. The highest BCUT2D eigenvalue weighted by Gasteiger charge is 2.27. The van der Waals surface area contributed by atoms with Gasteiger partial charge in [-0.15, -0.1) is 0 Å². The first-order valence-electron chi connectivity index (χ1n) is 10.1. The molecule has 2 heterocycles. The molecule has 1 N–H and O–H groups in total. The van der Waals surface area contributed by atoms with Gasteiger partial charge in [0, 0.05) is 22.4 Å². The van der Waals surface area contributed by atoms with Gasteiger partial charge in [-0.25, -0.2) is 22.5 Å². The van der Waals surface area contributed by atoms with E-state index in [1.165, 1.54) is 13.0 Å². The molecule has 3 rings (SSSR count). The summed E-state index contributed by atoms with van der Waals surface area (Å²) < 4.78 is 60.2. The fourth-order valence-electron chi connectivity index (χ4n) is 3.21. The van der Waals surface area contributed by atoms with E-state index in [0.717, 1.165) is 30.0 Å². The van der Waals surface area contributed by atoms with E-state index in [1.54, 1.807) is 19.1 Å². The number of hydrogen-bond acceptors (Lipinski definition) is 5. The number of nitrogens with zero attached hydrogens (tertiary/aromatic N) is 3. The Morgan fingerprint density at radius 3 is 2.47 bits per heavy atom. The standard InChI is InChI=1S/C23H20F4N4O3/c1-11-4-5-14(22(32)30-11)9-31-10-29-18(13(3)20(24)25)19(23(31)33)34-17-7-15(21(26)27)6-16(8-28)12(17)2/h4-7,10,13,20-21H,9H2,1-3H3,(H,30,32). The molecule has 0 spiro atoms. The van der Waals surface area contributed by atoms with Crippen molar-refractivity contribution in [1.29, 1.82) is 5.26 Å². The number of alkyl halides is 4. The molecule has 0 aliphatic heterocycles. The lowest BCUT2D eigenvalue weighted by molar-refractivity contribution is 0.118. The Morgan fingerprint density at radius 1 is 1.18 bits per heavy atom. The van der Waals surface area contributed by atoms with Gasteiger partial charge in [0.25, 0.3) is 17.5 Å². The lowest BCUT2D eigenvalue weighted by Gasteiger charge is -2.18. The van der Waals surface area contributed by atoms with E-state index in [-0.39, 0.29) is 34.7 Å². The van der Waals surface area contributed by atoms with Gasteiger partial charge in [-0.3, -0.25) is 14.2 Å². The molecule has 34 heavy (non-hydrogen) atoms. The van der Waals surface area contributed by atoms with Crippen LogP contribution < -0.4 is 15.9 Å². The summed E-state index contributed by atoms with van der Waals surface area (Å²) in [5.74, 6) is -2.38. The maximum atomic E-state index is 13.5. The zero-order chi connectivity index (χ0) is 25.2. The molecule has 178 valence electrons. The predicted molar refractivity (Wildman–Crippen MR) is 115 cm³/mol. The highest BCUT2D eigenvalue weighted by atomic mass is 19.3. The molecule has 0 saturated heterocycles. The summed E-state index contributed by atoms with van der Waals surface area (Å²) in [6.07, 6.45) is -4.81. The smallest absolute Gasteiger partial charge is 0.296 e. The van der Waals surface area contributed by atoms with E-state index in [9.17, 15) is 32.4 Å². The van der Waals surface area contributed by atoms with Crippen LogP contribution in [-0.2, 0) is 6.54 Å². The maximum Gasteiger partial charge on any atom is 0.296 e. The number of aryl methyl sites for hydroxylation is 1. The van der Waals surface area contributed by atoms with Crippen LogP contribution in [0.2, 0.25) is 0 Å². The van der Waals surface area contributed by atoms with Crippen molar-refractivity contribution in [3.05, 3.63) is 84.9 Å². The number of H-pyrrole nitrogens is 1. The van der Waals surface area contributed by atoms with Gasteiger partial charge < -0.3 is 9.72 Å². The lowest BCUT2D eigenvalue weighted by Crippen LogP contribution is -2.28. The molecule has 1 aromatic carbocycles. The van der Waals surface area contributed by atoms with Gasteiger partial charge in [-0.1, -0.05) is 6.92 Å². The molecule has 11 heteroatoms. The minimum atomic E-state index is -2.94. The van der Waals surface area contributed by atoms with Gasteiger partial charge >= 0.3 is 0 Å². The molecule has 0 bridgehead atoms. The zero-order valence-electron chi connectivity index (χ0n) is 18.4. The largest absolute Gasteiger partial charge is 0.449 e. The topological polar surface area (TPSA) is 101 Å². The average molecular weight is 476 g/mol. The highest BCUT2D eigenvalue weighted by molar-refractivity contribution is 5.51. The molecule has 0 radical (unpaired) electrons. The van der Waals surface area contributed by atoms with Crippen molar-refractivity contribution in [2.45, 2.75) is 46.1 Å². The summed E-state index contributed by atoms with van der Waals surface area (Å²) in [6, 6.07) is 6.84. The number of aromatic amines is 1. The summed E-state index contributed by atoms with van der Waals surface area (Å²) >= 11 is 0. The van der Waals surface area contributed by atoms with Crippen LogP contribution in [0, 0.1) is 25.2 Å². The maximum absolute atomic E-state index is 13.5. The number of pyridine rings is 1. The predicted octanol–water partition coefficient (Wildman–Crippen LogP) is 4.57. The fraction of sp³-hybridized carbons (Fsp3) is 0.304. The molecule has 0 aliphatic carbocycles. The first-order chi connectivity index (χ1) is 16.0. The summed E-state index contributed by atoms with van der Waals surface area (Å²) in [5, 5.41) is 9.28. The van der Waals surface area contributed by atoms with Crippen molar-refractivity contribution >= 4 is 0 Å². The summed E-state index contributed by atoms with van der Waals surface area (Å²) in [7, 11) is 0. The number of nitrogens with one attached hydrogen (secondary N) is 1. The molecule has 2 aromatic heterocycles. The van der Waals surface area contributed by atoms with Gasteiger partial charge in [0.05, 0.1) is 36.1 Å². The van der Waals surface area contributed by atoms with E-state index < -0.39 is 41.2 Å². The Hall–Kier alpha value is -3.94. The van der Waals surface area contributed by atoms with Crippen molar-refractivity contribution in [2.75, 3.05) is 0 Å². The minimum absolute atomic E-state index is 0.119. The van der Waals surface area contributed by atoms with Crippen molar-refractivity contribution < 1.29 is 22.3 Å². The number of halogens is 4. The second-order valence-corrected chi connectivity index (χ2v) is 7.72. The molecule has 0 aliphatic rings. The van der Waals surface area contributed by atoms with Crippen molar-refractivity contribution in [1.82, 2.24) is 14.5 Å². The normalized spacial score (nSPS) is 12.1. The Kier molecular flexibility index (Phi) is 7.20. The minimum Gasteiger partial charge on any atom is -0.449 e. The van der Waals surface area contributed by atoms with Gasteiger partial charge in [-0.05, 0) is 38.1 Å². The second-order valence-electron chi connectivity index (χ2n) is 7.72. The van der Waals surface area contributed by atoms with E-state index in [0.29, 0.717) is 5.69 Å². The van der Waals surface area contributed by atoms with Gasteiger partial charge in [0.1, 0.15) is 5.75 Å². The van der Waals surface area contributed by atoms with Crippen LogP contribution in [0.25, 0.3) is 0 Å². The van der Waals surface area contributed by atoms with Crippen LogP contribution in [0.5, 0.6) is 11.5 Å². The third-order valence-corrected chi connectivity index (χ3v) is 5.28. The SMILES string of the molecule is Cc1ccc(Cn2cnc(C(C)C(F)F)c(Oc3cc(C(F)F)cc(C#N)c3C)c2=O)c(=O)[nH]1. The van der Waals surface area contributed by atoms with E-state index >= 15 is 0 Å². The second kappa shape index (κ2) is 9.91. The fourth-order valence-corrected chi connectivity index (χ4v) is 3.21. The van der Waals surface area contributed by atoms with Crippen molar-refractivity contribution in [2.24, 2.45) is 0 Å². The van der Waals surface area contributed by atoms with Gasteiger partial charge in [0.2, 0.25) is 12.2 Å². The molecule has 0 fully saturated rings. The number of nitriles is 1. The van der Waals surface area contributed by atoms with Crippen LogP contribution in [0.3, 0.4) is 0 Å². The van der Waals surface area contributed by atoms with E-state index in [1.807, 2.05) is 0 Å².